The molecule has 0 saturated carbocycles. The van der Waals surface area contributed by atoms with E-state index < -0.39 is 0 Å². The minimum absolute atomic E-state index is 0.376. The van der Waals surface area contributed by atoms with Crippen LogP contribution in [0.2, 0.25) is 0 Å². The molecule has 3 aromatic rings. The number of esters is 2. The molecule has 1 heterocycles. The molecule has 0 saturated heterocycles. The van der Waals surface area contributed by atoms with Crippen LogP contribution < -0.4 is 0 Å². The van der Waals surface area contributed by atoms with E-state index in [4.69, 9.17) is 9.47 Å². The molecule has 0 aliphatic carbocycles. The first-order valence-corrected chi connectivity index (χ1v) is 8.69. The van der Waals surface area contributed by atoms with Crippen molar-refractivity contribution >= 4 is 33.7 Å². The van der Waals surface area contributed by atoms with Gasteiger partial charge in [0, 0.05) is 28.4 Å². The van der Waals surface area contributed by atoms with Crippen molar-refractivity contribution in [3.8, 4) is 0 Å². The molecule has 0 atom stereocenters. The molecule has 26 heavy (non-hydrogen) atoms. The van der Waals surface area contributed by atoms with E-state index >= 15 is 0 Å². The van der Waals surface area contributed by atoms with Crippen LogP contribution >= 0.6 is 0 Å². The van der Waals surface area contributed by atoms with Crippen LogP contribution in [0, 0.1) is 5.92 Å². The largest absolute Gasteiger partial charge is 0.465 e. The van der Waals surface area contributed by atoms with Crippen LogP contribution in [0.4, 0.5) is 0 Å². The lowest BCUT2D eigenvalue weighted by Crippen LogP contribution is -2.03. The first kappa shape index (κ1) is 18.0. The number of hydrogen-bond donors (Lipinski definition) is 0. The maximum absolute atomic E-state index is 11.9. The standard InChI is InChI=1S/C21H23NO4/c1-13(2)9-10-22-18-7-5-14(20(23)25-3)11-16(18)17-12-15(21(24)26-4)6-8-19(17)22/h5-8,11-13H,9-10H2,1-4H3. The summed E-state index contributed by atoms with van der Waals surface area (Å²) >= 11 is 0. The fraction of sp³-hybridized carbons (Fsp3) is 0.333. The first-order valence-electron chi connectivity index (χ1n) is 8.69. The molecule has 5 nitrogen and oxygen atoms in total. The molecule has 0 N–H and O–H groups in total. The second-order valence-electron chi connectivity index (χ2n) is 6.78. The molecule has 0 amide bonds. The van der Waals surface area contributed by atoms with E-state index in [-0.39, 0.29) is 11.9 Å². The van der Waals surface area contributed by atoms with E-state index in [0.717, 1.165) is 34.8 Å². The van der Waals surface area contributed by atoms with Crippen LogP contribution in [-0.2, 0) is 16.0 Å². The van der Waals surface area contributed by atoms with Crippen LogP contribution in [0.15, 0.2) is 36.4 Å². The highest BCUT2D eigenvalue weighted by Crippen LogP contribution is 2.31. The average Bonchev–Trinajstić information content (AvgIpc) is 2.97. The maximum atomic E-state index is 11.9. The zero-order chi connectivity index (χ0) is 18.8. The van der Waals surface area contributed by atoms with Gasteiger partial charge in [-0.25, -0.2) is 9.59 Å². The number of carbonyl (C=O) groups is 2. The van der Waals surface area contributed by atoms with Gasteiger partial charge in [-0.1, -0.05) is 13.8 Å². The monoisotopic (exact) mass is 353 g/mol. The molecule has 2 aromatic carbocycles. The smallest absolute Gasteiger partial charge is 0.337 e. The van der Waals surface area contributed by atoms with E-state index in [1.54, 1.807) is 12.1 Å². The molecular weight excluding hydrogens is 330 g/mol. The van der Waals surface area contributed by atoms with E-state index in [1.165, 1.54) is 14.2 Å². The van der Waals surface area contributed by atoms with Crippen molar-refractivity contribution in [1.29, 1.82) is 0 Å². The van der Waals surface area contributed by atoms with E-state index in [2.05, 4.69) is 18.4 Å². The first-order chi connectivity index (χ1) is 12.5. The van der Waals surface area contributed by atoms with E-state index in [1.807, 2.05) is 24.3 Å². The second-order valence-corrected chi connectivity index (χ2v) is 6.78. The van der Waals surface area contributed by atoms with Crippen LogP contribution in [0.3, 0.4) is 0 Å². The molecule has 5 heteroatoms. The Morgan fingerprint density at radius 2 is 1.35 bits per heavy atom. The molecule has 0 aliphatic rings. The van der Waals surface area contributed by atoms with Gasteiger partial charge in [0.2, 0.25) is 0 Å². The third-order valence-corrected chi connectivity index (χ3v) is 4.64. The summed E-state index contributed by atoms with van der Waals surface area (Å²) in [7, 11) is 2.74. The molecular formula is C21H23NO4. The number of nitrogens with zero attached hydrogens (tertiary/aromatic N) is 1. The summed E-state index contributed by atoms with van der Waals surface area (Å²) in [5, 5.41) is 1.86. The minimum Gasteiger partial charge on any atom is -0.465 e. The second kappa shape index (κ2) is 7.20. The summed E-state index contributed by atoms with van der Waals surface area (Å²) in [4.78, 5) is 23.9. The molecule has 0 bridgehead atoms. The number of rotatable bonds is 5. The topological polar surface area (TPSA) is 57.5 Å². The number of aromatic nitrogens is 1. The molecule has 1 aromatic heterocycles. The van der Waals surface area contributed by atoms with Gasteiger partial charge in [0.1, 0.15) is 0 Å². The molecule has 136 valence electrons. The van der Waals surface area contributed by atoms with Crippen LogP contribution in [0.5, 0.6) is 0 Å². The van der Waals surface area contributed by atoms with Crippen molar-refractivity contribution in [3.05, 3.63) is 47.5 Å². The van der Waals surface area contributed by atoms with E-state index in [9.17, 15) is 9.59 Å². The van der Waals surface area contributed by atoms with Gasteiger partial charge in [0.15, 0.2) is 0 Å². The molecule has 0 spiro atoms. The summed E-state index contributed by atoms with van der Waals surface area (Å²) in [6, 6.07) is 11.1. The Morgan fingerprint density at radius 1 is 0.885 bits per heavy atom. The summed E-state index contributed by atoms with van der Waals surface area (Å²) in [6.45, 7) is 5.25. The summed E-state index contributed by atoms with van der Waals surface area (Å²) < 4.78 is 11.9. The summed E-state index contributed by atoms with van der Waals surface area (Å²) in [5.74, 6) is -0.176. The predicted octanol–water partition coefficient (Wildman–Crippen LogP) is 4.41. The number of fused-ring (bicyclic) bond motifs is 3. The normalized spacial score (nSPS) is 11.3. The Kier molecular flexibility index (Phi) is 4.98. The van der Waals surface area contributed by atoms with Crippen molar-refractivity contribution in [2.45, 2.75) is 26.8 Å². The minimum atomic E-state index is -0.376. The van der Waals surface area contributed by atoms with Crippen LogP contribution in [0.1, 0.15) is 41.0 Å². The highest BCUT2D eigenvalue weighted by molar-refractivity contribution is 6.12. The van der Waals surface area contributed by atoms with Crippen molar-refractivity contribution in [3.63, 3.8) is 0 Å². The Bertz CT molecular complexity index is 911. The number of carbonyl (C=O) groups excluding carboxylic acids is 2. The van der Waals surface area contributed by atoms with Crippen molar-refractivity contribution in [2.24, 2.45) is 5.92 Å². The van der Waals surface area contributed by atoms with Gasteiger partial charge >= 0.3 is 11.9 Å². The van der Waals surface area contributed by atoms with E-state index in [0.29, 0.717) is 17.0 Å². The Balaban J connectivity index is 2.26. The fourth-order valence-electron chi connectivity index (χ4n) is 3.22. The highest BCUT2D eigenvalue weighted by atomic mass is 16.5. The van der Waals surface area contributed by atoms with Gasteiger partial charge in [0.25, 0.3) is 0 Å². The van der Waals surface area contributed by atoms with Gasteiger partial charge in [-0.3, -0.25) is 0 Å². The lowest BCUT2D eigenvalue weighted by Gasteiger charge is -2.10. The number of aryl methyl sites for hydroxylation is 1. The van der Waals surface area contributed by atoms with Crippen molar-refractivity contribution in [1.82, 2.24) is 4.57 Å². The number of benzene rings is 2. The Labute approximate surface area is 152 Å². The lowest BCUT2D eigenvalue weighted by atomic mass is 10.1. The van der Waals surface area contributed by atoms with Gasteiger partial charge in [-0.05, 0) is 48.7 Å². The van der Waals surface area contributed by atoms with Gasteiger partial charge in [-0.2, -0.15) is 0 Å². The summed E-state index contributed by atoms with van der Waals surface area (Å²) in [6.07, 6.45) is 1.04. The zero-order valence-corrected chi connectivity index (χ0v) is 15.5. The maximum Gasteiger partial charge on any atom is 0.337 e. The zero-order valence-electron chi connectivity index (χ0n) is 15.5. The fourth-order valence-corrected chi connectivity index (χ4v) is 3.22. The Hall–Kier alpha value is -2.82. The quantitative estimate of drug-likeness (QED) is 0.637. The highest BCUT2D eigenvalue weighted by Gasteiger charge is 2.16. The van der Waals surface area contributed by atoms with Gasteiger partial charge < -0.3 is 14.0 Å². The Morgan fingerprint density at radius 3 is 1.73 bits per heavy atom. The van der Waals surface area contributed by atoms with Crippen molar-refractivity contribution in [2.75, 3.05) is 14.2 Å². The van der Waals surface area contributed by atoms with Crippen molar-refractivity contribution < 1.29 is 19.1 Å². The molecule has 0 fully saturated rings. The number of methoxy groups -OCH3 is 2. The van der Waals surface area contributed by atoms with Gasteiger partial charge in [0.05, 0.1) is 25.3 Å². The molecule has 0 radical (unpaired) electrons. The number of hydrogen-bond acceptors (Lipinski definition) is 4. The predicted molar refractivity (Wildman–Crippen MR) is 102 cm³/mol. The van der Waals surface area contributed by atoms with Crippen LogP contribution in [0.25, 0.3) is 21.8 Å². The molecule has 0 aliphatic heterocycles. The third-order valence-electron chi connectivity index (χ3n) is 4.64. The summed E-state index contributed by atoms with van der Waals surface area (Å²) in [5.41, 5.74) is 3.06. The van der Waals surface area contributed by atoms with Gasteiger partial charge in [-0.15, -0.1) is 0 Å². The average molecular weight is 353 g/mol. The third kappa shape index (κ3) is 3.17. The molecule has 3 rings (SSSR count). The molecule has 0 unspecified atom stereocenters. The van der Waals surface area contributed by atoms with Crippen LogP contribution in [-0.4, -0.2) is 30.7 Å². The lowest BCUT2D eigenvalue weighted by molar-refractivity contribution is 0.0592. The SMILES string of the molecule is COC(=O)c1ccc2c(c1)c1cc(C(=O)OC)ccc1n2CCC(C)C. The number of ether oxygens (including phenoxy) is 2.